The number of benzene rings is 1. The third-order valence-electron chi connectivity index (χ3n) is 5.48. The Morgan fingerprint density at radius 3 is 2.88 bits per heavy atom. The number of aliphatic hydroxyl groups excluding tert-OH is 1. The summed E-state index contributed by atoms with van der Waals surface area (Å²) in [6.07, 6.45) is 3.42. The standard InChI is InChI=1S/C20H32N2O3/c1-21(13-16-6-4-3-5-7-16)14-17(23)15-22-10-11-25-20-9-8-18(24-2)12-19(20)22/h3-7,17-20,23H,8-15H2,1-2H3. The number of nitrogens with zero attached hydrogens (tertiary/aromatic N) is 2. The molecule has 0 amide bonds. The van der Waals surface area contributed by atoms with E-state index in [1.807, 2.05) is 6.07 Å². The Kier molecular flexibility index (Phi) is 6.84. The molecule has 1 aliphatic carbocycles. The van der Waals surface area contributed by atoms with Crippen molar-refractivity contribution in [1.82, 2.24) is 9.80 Å². The quantitative estimate of drug-likeness (QED) is 0.813. The summed E-state index contributed by atoms with van der Waals surface area (Å²) in [6.45, 7) is 3.92. The molecule has 1 N–H and O–H groups in total. The average molecular weight is 348 g/mol. The molecular formula is C20H32N2O3. The third-order valence-corrected chi connectivity index (χ3v) is 5.48. The third kappa shape index (κ3) is 5.25. The van der Waals surface area contributed by atoms with Crippen LogP contribution in [0.1, 0.15) is 24.8 Å². The first kappa shape index (κ1) is 18.8. The van der Waals surface area contributed by atoms with E-state index in [4.69, 9.17) is 9.47 Å². The van der Waals surface area contributed by atoms with Crippen LogP contribution in [0, 0.1) is 0 Å². The summed E-state index contributed by atoms with van der Waals surface area (Å²) in [5.74, 6) is 0. The van der Waals surface area contributed by atoms with E-state index in [0.29, 0.717) is 31.3 Å². The second-order valence-corrected chi connectivity index (χ2v) is 7.48. The van der Waals surface area contributed by atoms with Crippen LogP contribution < -0.4 is 0 Å². The molecule has 1 saturated heterocycles. The molecular weight excluding hydrogens is 316 g/mol. The van der Waals surface area contributed by atoms with Crippen LogP contribution in [-0.2, 0) is 16.0 Å². The lowest BCUT2D eigenvalue weighted by Crippen LogP contribution is -2.57. The highest BCUT2D eigenvalue weighted by Crippen LogP contribution is 2.30. The number of hydrogen-bond acceptors (Lipinski definition) is 5. The molecule has 4 unspecified atom stereocenters. The number of ether oxygens (including phenoxy) is 2. The van der Waals surface area contributed by atoms with E-state index in [0.717, 1.165) is 39.0 Å². The van der Waals surface area contributed by atoms with Crippen molar-refractivity contribution in [3.8, 4) is 0 Å². The van der Waals surface area contributed by atoms with Crippen LogP contribution in [0.5, 0.6) is 0 Å². The summed E-state index contributed by atoms with van der Waals surface area (Å²) in [5, 5.41) is 10.6. The molecule has 5 heteroatoms. The Hall–Kier alpha value is -0.980. The maximum atomic E-state index is 10.6. The first-order valence-corrected chi connectivity index (χ1v) is 9.44. The molecule has 2 aliphatic rings. The number of fused-ring (bicyclic) bond motifs is 1. The molecule has 1 heterocycles. The lowest BCUT2D eigenvalue weighted by atomic mass is 9.88. The minimum Gasteiger partial charge on any atom is -0.390 e. The summed E-state index contributed by atoms with van der Waals surface area (Å²) in [4.78, 5) is 4.61. The van der Waals surface area contributed by atoms with E-state index < -0.39 is 0 Å². The predicted molar refractivity (Wildman–Crippen MR) is 98.5 cm³/mol. The minimum atomic E-state index is -0.351. The first-order valence-electron chi connectivity index (χ1n) is 9.44. The first-order chi connectivity index (χ1) is 12.2. The van der Waals surface area contributed by atoms with Gasteiger partial charge in [-0.2, -0.15) is 0 Å². The van der Waals surface area contributed by atoms with Crippen LogP contribution in [0.4, 0.5) is 0 Å². The van der Waals surface area contributed by atoms with E-state index in [1.165, 1.54) is 5.56 Å². The van der Waals surface area contributed by atoms with Crippen LogP contribution in [0.3, 0.4) is 0 Å². The maximum absolute atomic E-state index is 10.6. The Labute approximate surface area is 151 Å². The molecule has 140 valence electrons. The SMILES string of the molecule is COC1CCC2OCCN(CC(O)CN(C)Cc3ccccc3)C2C1. The fourth-order valence-electron chi connectivity index (χ4n) is 4.24. The molecule has 4 atom stereocenters. The van der Waals surface area contributed by atoms with E-state index in [1.54, 1.807) is 7.11 Å². The number of rotatable bonds is 7. The van der Waals surface area contributed by atoms with Crippen molar-refractivity contribution in [2.45, 2.75) is 50.2 Å². The fourth-order valence-corrected chi connectivity index (χ4v) is 4.24. The molecule has 25 heavy (non-hydrogen) atoms. The molecule has 3 rings (SSSR count). The molecule has 0 spiro atoms. The Morgan fingerprint density at radius 1 is 1.32 bits per heavy atom. The van der Waals surface area contributed by atoms with E-state index in [-0.39, 0.29) is 6.10 Å². The summed E-state index contributed by atoms with van der Waals surface area (Å²) < 4.78 is 11.5. The van der Waals surface area contributed by atoms with Gasteiger partial charge >= 0.3 is 0 Å². The average Bonchev–Trinajstić information content (AvgIpc) is 2.62. The zero-order chi connectivity index (χ0) is 17.6. The van der Waals surface area contributed by atoms with Gasteiger partial charge in [-0.15, -0.1) is 0 Å². The monoisotopic (exact) mass is 348 g/mol. The summed E-state index contributed by atoms with van der Waals surface area (Å²) in [6, 6.07) is 10.8. The number of aliphatic hydroxyl groups is 1. The van der Waals surface area contributed by atoms with Crippen LogP contribution in [0.25, 0.3) is 0 Å². The fraction of sp³-hybridized carbons (Fsp3) is 0.700. The van der Waals surface area contributed by atoms with Crippen LogP contribution >= 0.6 is 0 Å². The van der Waals surface area contributed by atoms with Crippen LogP contribution in [0.2, 0.25) is 0 Å². The van der Waals surface area contributed by atoms with Crippen LogP contribution in [-0.4, -0.2) is 79.7 Å². The summed E-state index contributed by atoms with van der Waals surface area (Å²) in [5.41, 5.74) is 1.28. The van der Waals surface area contributed by atoms with E-state index in [9.17, 15) is 5.11 Å². The Balaban J connectivity index is 1.50. The zero-order valence-electron chi connectivity index (χ0n) is 15.5. The molecule has 5 nitrogen and oxygen atoms in total. The number of likely N-dealkylation sites (N-methyl/N-ethyl adjacent to an activating group) is 1. The zero-order valence-corrected chi connectivity index (χ0v) is 15.5. The molecule has 1 aromatic carbocycles. The van der Waals surface area contributed by atoms with Crippen molar-refractivity contribution < 1.29 is 14.6 Å². The van der Waals surface area contributed by atoms with Gasteiger partial charge in [-0.25, -0.2) is 0 Å². The Morgan fingerprint density at radius 2 is 2.12 bits per heavy atom. The van der Waals surface area contributed by atoms with Crippen molar-refractivity contribution in [2.75, 3.05) is 40.4 Å². The number of hydrogen-bond donors (Lipinski definition) is 1. The van der Waals surface area contributed by atoms with E-state index >= 15 is 0 Å². The van der Waals surface area contributed by atoms with Gasteiger partial charge in [-0.3, -0.25) is 9.80 Å². The molecule has 1 aliphatic heterocycles. The van der Waals surface area contributed by atoms with Crippen molar-refractivity contribution in [3.05, 3.63) is 35.9 Å². The molecule has 2 fully saturated rings. The topological polar surface area (TPSA) is 45.2 Å². The predicted octanol–water partition coefficient (Wildman–Crippen LogP) is 1.75. The number of β-amino-alcohol motifs (C(OH)–C–C–N with tert-alkyl or cyclic N) is 1. The van der Waals surface area contributed by atoms with Gasteiger partial charge in [0.25, 0.3) is 0 Å². The van der Waals surface area contributed by atoms with Gasteiger partial charge in [0.05, 0.1) is 24.9 Å². The normalized spacial score (nSPS) is 28.7. The smallest absolute Gasteiger partial charge is 0.0793 e. The van der Waals surface area contributed by atoms with Gasteiger partial charge in [-0.1, -0.05) is 30.3 Å². The van der Waals surface area contributed by atoms with Gasteiger partial charge in [0.2, 0.25) is 0 Å². The van der Waals surface area contributed by atoms with Crippen molar-refractivity contribution in [2.24, 2.45) is 0 Å². The second-order valence-electron chi connectivity index (χ2n) is 7.48. The number of morpholine rings is 1. The largest absolute Gasteiger partial charge is 0.390 e. The van der Waals surface area contributed by atoms with E-state index in [2.05, 4.69) is 41.1 Å². The minimum absolute atomic E-state index is 0.300. The van der Waals surface area contributed by atoms with Crippen molar-refractivity contribution >= 4 is 0 Å². The molecule has 0 bridgehead atoms. The van der Waals surface area contributed by atoms with Gasteiger partial charge in [-0.05, 0) is 31.9 Å². The highest BCUT2D eigenvalue weighted by Gasteiger charge is 2.38. The van der Waals surface area contributed by atoms with Crippen molar-refractivity contribution in [1.29, 1.82) is 0 Å². The summed E-state index contributed by atoms with van der Waals surface area (Å²) in [7, 11) is 3.87. The van der Waals surface area contributed by atoms with Gasteiger partial charge in [0.15, 0.2) is 0 Å². The molecule has 1 aromatic rings. The molecule has 0 radical (unpaired) electrons. The van der Waals surface area contributed by atoms with Crippen molar-refractivity contribution in [3.63, 3.8) is 0 Å². The number of methoxy groups -OCH3 is 1. The highest BCUT2D eigenvalue weighted by atomic mass is 16.5. The maximum Gasteiger partial charge on any atom is 0.0793 e. The lowest BCUT2D eigenvalue weighted by molar-refractivity contribution is -0.121. The van der Waals surface area contributed by atoms with Gasteiger partial charge < -0.3 is 14.6 Å². The molecule has 0 aromatic heterocycles. The van der Waals surface area contributed by atoms with Gasteiger partial charge in [0, 0.05) is 39.3 Å². The summed E-state index contributed by atoms with van der Waals surface area (Å²) >= 11 is 0. The Bertz CT molecular complexity index is 513. The van der Waals surface area contributed by atoms with Crippen LogP contribution in [0.15, 0.2) is 30.3 Å². The molecule has 1 saturated carbocycles. The lowest BCUT2D eigenvalue weighted by Gasteiger charge is -2.46. The van der Waals surface area contributed by atoms with Gasteiger partial charge in [0.1, 0.15) is 0 Å². The second kappa shape index (κ2) is 9.10. The highest BCUT2D eigenvalue weighted by molar-refractivity contribution is 5.14.